The molecule has 0 aromatic heterocycles. The molecule has 2 N–H and O–H groups in total. The van der Waals surface area contributed by atoms with E-state index in [1.165, 1.54) is 11.3 Å². The van der Waals surface area contributed by atoms with Crippen LogP contribution in [0, 0.1) is 5.92 Å². The van der Waals surface area contributed by atoms with Gasteiger partial charge in [0.15, 0.2) is 0 Å². The highest BCUT2D eigenvalue weighted by atomic mass is 15.2. The lowest BCUT2D eigenvalue weighted by molar-refractivity contribution is 0.409. The highest BCUT2D eigenvalue weighted by Gasteiger charge is 2.09. The number of likely N-dealkylation sites (N-methyl/N-ethyl adjacent to an activating group) is 1. The van der Waals surface area contributed by atoms with Gasteiger partial charge in [0.25, 0.3) is 0 Å². The second-order valence-corrected chi connectivity index (χ2v) is 6.68. The van der Waals surface area contributed by atoms with E-state index in [0.29, 0.717) is 5.92 Å². The molecule has 0 aliphatic carbocycles. The van der Waals surface area contributed by atoms with Gasteiger partial charge in [0.2, 0.25) is 0 Å². The van der Waals surface area contributed by atoms with Crippen molar-refractivity contribution in [2.45, 2.75) is 39.7 Å². The number of rotatable bonds is 9. The van der Waals surface area contributed by atoms with Crippen molar-refractivity contribution in [3.05, 3.63) is 29.8 Å². The maximum Gasteiger partial charge on any atom is 0.0366 e. The Labute approximate surface area is 131 Å². The average Bonchev–Trinajstić information content (AvgIpc) is 2.43. The van der Waals surface area contributed by atoms with Crippen molar-refractivity contribution in [2.75, 3.05) is 38.6 Å². The molecule has 1 unspecified atom stereocenters. The van der Waals surface area contributed by atoms with Crippen LogP contribution in [0.4, 0.5) is 5.69 Å². The van der Waals surface area contributed by atoms with Crippen molar-refractivity contribution in [2.24, 2.45) is 11.7 Å². The molecule has 0 saturated carbocycles. The predicted octanol–water partition coefficient (Wildman–Crippen LogP) is 2.99. The van der Waals surface area contributed by atoms with Crippen molar-refractivity contribution >= 4 is 5.69 Å². The lowest BCUT2D eigenvalue weighted by Crippen LogP contribution is -2.34. The third-order valence-electron chi connectivity index (χ3n) is 3.73. The molecule has 1 atom stereocenters. The molecule has 0 spiro atoms. The first-order valence-electron chi connectivity index (χ1n) is 8.16. The molecule has 0 bridgehead atoms. The molecule has 1 aromatic rings. The van der Waals surface area contributed by atoms with Gasteiger partial charge in [-0.15, -0.1) is 0 Å². The summed E-state index contributed by atoms with van der Waals surface area (Å²) in [6.45, 7) is 9.94. The maximum absolute atomic E-state index is 6.03. The summed E-state index contributed by atoms with van der Waals surface area (Å²) in [4.78, 5) is 4.72. The summed E-state index contributed by atoms with van der Waals surface area (Å²) in [5.41, 5.74) is 8.69. The van der Waals surface area contributed by atoms with Crippen LogP contribution in [-0.2, 0) is 6.42 Å². The van der Waals surface area contributed by atoms with E-state index in [9.17, 15) is 0 Å². The number of nitrogens with zero attached hydrogens (tertiary/aromatic N) is 2. The number of hydrogen-bond acceptors (Lipinski definition) is 3. The van der Waals surface area contributed by atoms with Gasteiger partial charge in [-0.05, 0) is 50.6 Å². The van der Waals surface area contributed by atoms with E-state index in [2.05, 4.69) is 68.9 Å². The third-order valence-corrected chi connectivity index (χ3v) is 3.73. The zero-order valence-corrected chi connectivity index (χ0v) is 14.5. The van der Waals surface area contributed by atoms with Crippen LogP contribution in [0.3, 0.4) is 0 Å². The lowest BCUT2D eigenvalue weighted by Gasteiger charge is -2.28. The number of anilines is 1. The maximum atomic E-state index is 6.03. The summed E-state index contributed by atoms with van der Waals surface area (Å²) < 4.78 is 0. The van der Waals surface area contributed by atoms with Crippen LogP contribution in [0.15, 0.2) is 24.3 Å². The fraction of sp³-hybridized carbons (Fsp3) is 0.667. The van der Waals surface area contributed by atoms with Crippen LogP contribution in [-0.4, -0.2) is 44.7 Å². The Morgan fingerprint density at radius 2 is 1.67 bits per heavy atom. The number of nitrogens with two attached hydrogens (primary N) is 1. The SMILES string of the molecule is CCC(N)Cc1ccc(N(CCN(C)C)CC(C)C)cc1. The molecule has 0 saturated heterocycles. The fourth-order valence-corrected chi connectivity index (χ4v) is 2.38. The van der Waals surface area contributed by atoms with E-state index in [-0.39, 0.29) is 6.04 Å². The third kappa shape index (κ3) is 6.96. The summed E-state index contributed by atoms with van der Waals surface area (Å²) in [6, 6.07) is 9.23. The summed E-state index contributed by atoms with van der Waals surface area (Å²) in [5.74, 6) is 0.667. The molecular weight excluding hydrogens is 258 g/mol. The van der Waals surface area contributed by atoms with E-state index in [4.69, 9.17) is 5.73 Å². The van der Waals surface area contributed by atoms with Gasteiger partial charge in [0, 0.05) is 31.4 Å². The fourth-order valence-electron chi connectivity index (χ4n) is 2.38. The largest absolute Gasteiger partial charge is 0.370 e. The van der Waals surface area contributed by atoms with Crippen molar-refractivity contribution in [1.29, 1.82) is 0 Å². The Morgan fingerprint density at radius 3 is 2.14 bits per heavy atom. The highest BCUT2D eigenvalue weighted by Crippen LogP contribution is 2.17. The lowest BCUT2D eigenvalue weighted by atomic mass is 10.0. The number of hydrogen-bond donors (Lipinski definition) is 1. The van der Waals surface area contributed by atoms with Gasteiger partial charge in [0.1, 0.15) is 0 Å². The zero-order chi connectivity index (χ0) is 15.8. The predicted molar refractivity (Wildman–Crippen MR) is 94.0 cm³/mol. The molecule has 0 radical (unpaired) electrons. The molecule has 3 heteroatoms. The Kier molecular flexibility index (Phi) is 7.76. The van der Waals surface area contributed by atoms with Crippen LogP contribution in [0.2, 0.25) is 0 Å². The average molecular weight is 291 g/mol. The summed E-state index contributed by atoms with van der Waals surface area (Å²) in [6.07, 6.45) is 2.00. The van der Waals surface area contributed by atoms with E-state index in [1.807, 2.05) is 0 Å². The highest BCUT2D eigenvalue weighted by molar-refractivity contribution is 5.47. The molecule has 0 fully saturated rings. The topological polar surface area (TPSA) is 32.5 Å². The smallest absolute Gasteiger partial charge is 0.0366 e. The Morgan fingerprint density at radius 1 is 1.05 bits per heavy atom. The van der Waals surface area contributed by atoms with Crippen LogP contribution in [0.5, 0.6) is 0 Å². The van der Waals surface area contributed by atoms with Crippen molar-refractivity contribution < 1.29 is 0 Å². The first-order valence-corrected chi connectivity index (χ1v) is 8.16. The molecule has 0 aliphatic heterocycles. The molecule has 1 aromatic carbocycles. The van der Waals surface area contributed by atoms with Gasteiger partial charge in [-0.1, -0.05) is 32.9 Å². The first-order chi connectivity index (χ1) is 9.92. The Bertz CT molecular complexity index is 384. The van der Waals surface area contributed by atoms with Gasteiger partial charge >= 0.3 is 0 Å². The van der Waals surface area contributed by atoms with Crippen LogP contribution in [0.1, 0.15) is 32.8 Å². The van der Waals surface area contributed by atoms with Crippen molar-refractivity contribution in [3.63, 3.8) is 0 Å². The molecular formula is C18H33N3. The molecule has 0 amide bonds. The van der Waals surface area contributed by atoms with Gasteiger partial charge in [-0.2, -0.15) is 0 Å². The van der Waals surface area contributed by atoms with E-state index in [1.54, 1.807) is 0 Å². The summed E-state index contributed by atoms with van der Waals surface area (Å²) in [7, 11) is 4.26. The Hall–Kier alpha value is -1.06. The summed E-state index contributed by atoms with van der Waals surface area (Å²) in [5, 5.41) is 0. The van der Waals surface area contributed by atoms with Gasteiger partial charge in [-0.3, -0.25) is 0 Å². The van der Waals surface area contributed by atoms with Crippen molar-refractivity contribution in [3.8, 4) is 0 Å². The zero-order valence-electron chi connectivity index (χ0n) is 14.5. The molecule has 0 aliphatic rings. The monoisotopic (exact) mass is 291 g/mol. The normalized spacial score (nSPS) is 13.0. The van der Waals surface area contributed by atoms with Crippen LogP contribution in [0.25, 0.3) is 0 Å². The van der Waals surface area contributed by atoms with E-state index >= 15 is 0 Å². The molecule has 1 rings (SSSR count). The van der Waals surface area contributed by atoms with Gasteiger partial charge < -0.3 is 15.5 Å². The first kappa shape index (κ1) is 18.0. The van der Waals surface area contributed by atoms with Crippen molar-refractivity contribution in [1.82, 2.24) is 4.90 Å². The van der Waals surface area contributed by atoms with E-state index < -0.39 is 0 Å². The van der Waals surface area contributed by atoms with Crippen LogP contribution >= 0.6 is 0 Å². The van der Waals surface area contributed by atoms with E-state index in [0.717, 1.165) is 32.5 Å². The Balaban J connectivity index is 2.72. The molecule has 21 heavy (non-hydrogen) atoms. The minimum Gasteiger partial charge on any atom is -0.370 e. The minimum atomic E-state index is 0.274. The molecule has 120 valence electrons. The van der Waals surface area contributed by atoms with Crippen LogP contribution < -0.4 is 10.6 Å². The van der Waals surface area contributed by atoms with Gasteiger partial charge in [0.05, 0.1) is 0 Å². The second-order valence-electron chi connectivity index (χ2n) is 6.68. The standard InChI is InChI=1S/C18H33N3/c1-6-17(19)13-16-7-9-18(10-8-16)21(14-15(2)3)12-11-20(4)5/h7-10,15,17H,6,11-14,19H2,1-5H3. The second kappa shape index (κ2) is 9.06. The number of benzene rings is 1. The molecule has 3 nitrogen and oxygen atoms in total. The molecule has 0 heterocycles. The van der Waals surface area contributed by atoms with Gasteiger partial charge in [-0.25, -0.2) is 0 Å². The minimum absolute atomic E-state index is 0.274. The summed E-state index contributed by atoms with van der Waals surface area (Å²) >= 11 is 0. The quantitative estimate of drug-likeness (QED) is 0.759.